The smallest absolute Gasteiger partial charge is 0.282 e. The minimum absolute atomic E-state index is 0.0269. The van der Waals surface area contributed by atoms with Gasteiger partial charge in [0.1, 0.15) is 0 Å². The van der Waals surface area contributed by atoms with E-state index in [-0.39, 0.29) is 28.4 Å². The number of aromatic nitrogens is 1. The zero-order valence-corrected chi connectivity index (χ0v) is 16.8. The molecule has 0 saturated heterocycles. The number of non-ortho nitro benzene ring substituents is 1. The molecule has 0 atom stereocenters. The predicted octanol–water partition coefficient (Wildman–Crippen LogP) is 4.80. The molecular formula is C23H16N4O5. The van der Waals surface area contributed by atoms with Crippen molar-refractivity contribution >= 4 is 33.7 Å². The molecule has 158 valence electrons. The van der Waals surface area contributed by atoms with Gasteiger partial charge in [-0.2, -0.15) is 0 Å². The summed E-state index contributed by atoms with van der Waals surface area (Å²) in [7, 11) is 1.54. The minimum Gasteiger partial charge on any atom is -0.505 e. The molecule has 0 unspecified atom stereocenters. The van der Waals surface area contributed by atoms with Crippen LogP contribution in [0.4, 0.5) is 17.1 Å². The summed E-state index contributed by atoms with van der Waals surface area (Å²) in [6, 6.07) is 18.6. The number of pyridine rings is 1. The number of rotatable bonds is 5. The Bertz CT molecular complexity index is 1460. The molecule has 1 N–H and O–H groups in total. The largest absolute Gasteiger partial charge is 0.505 e. The standard InChI is InChI=1S/C23H16N4O5/c1-26-19-10-6-5-9-16(19)22(29)20(23(26)30)25-24-18-12-11-15(27(31)32)13-17(18)21(28)14-7-3-2-4-8-14/h2-13,29H,1H3. The van der Waals surface area contributed by atoms with E-state index in [4.69, 9.17) is 0 Å². The molecule has 4 aromatic rings. The third-order valence-electron chi connectivity index (χ3n) is 4.98. The van der Waals surface area contributed by atoms with Gasteiger partial charge in [0.25, 0.3) is 11.2 Å². The third kappa shape index (κ3) is 3.63. The van der Waals surface area contributed by atoms with Crippen molar-refractivity contribution in [2.24, 2.45) is 17.3 Å². The highest BCUT2D eigenvalue weighted by molar-refractivity contribution is 6.12. The number of ketones is 1. The number of benzene rings is 3. The van der Waals surface area contributed by atoms with Gasteiger partial charge in [0, 0.05) is 30.1 Å². The zero-order valence-electron chi connectivity index (χ0n) is 16.8. The molecule has 0 radical (unpaired) electrons. The van der Waals surface area contributed by atoms with Gasteiger partial charge in [0.15, 0.2) is 17.2 Å². The number of azo groups is 1. The lowest BCUT2D eigenvalue weighted by molar-refractivity contribution is -0.384. The van der Waals surface area contributed by atoms with Crippen LogP contribution >= 0.6 is 0 Å². The van der Waals surface area contributed by atoms with Gasteiger partial charge in [-0.1, -0.05) is 42.5 Å². The molecule has 1 aromatic heterocycles. The van der Waals surface area contributed by atoms with Crippen molar-refractivity contribution in [2.45, 2.75) is 0 Å². The Labute approximate surface area is 181 Å². The third-order valence-corrected chi connectivity index (χ3v) is 4.98. The Morgan fingerprint density at radius 2 is 1.69 bits per heavy atom. The van der Waals surface area contributed by atoms with Crippen molar-refractivity contribution in [1.29, 1.82) is 0 Å². The number of nitro benzene ring substituents is 1. The van der Waals surface area contributed by atoms with E-state index >= 15 is 0 Å². The maximum Gasteiger partial charge on any atom is 0.282 e. The Hall–Kier alpha value is -4.66. The molecule has 32 heavy (non-hydrogen) atoms. The van der Waals surface area contributed by atoms with E-state index in [1.807, 2.05) is 0 Å². The average molecular weight is 428 g/mol. The predicted molar refractivity (Wildman–Crippen MR) is 118 cm³/mol. The van der Waals surface area contributed by atoms with E-state index in [1.54, 1.807) is 61.6 Å². The second-order valence-corrected chi connectivity index (χ2v) is 6.93. The maximum absolute atomic E-state index is 13.0. The van der Waals surface area contributed by atoms with Crippen LogP contribution in [0.5, 0.6) is 5.75 Å². The van der Waals surface area contributed by atoms with Gasteiger partial charge in [-0.3, -0.25) is 19.7 Å². The number of para-hydroxylation sites is 1. The molecule has 0 aliphatic heterocycles. The van der Waals surface area contributed by atoms with Gasteiger partial charge in [-0.05, 0) is 18.2 Å². The van der Waals surface area contributed by atoms with Crippen LogP contribution in [0, 0.1) is 10.1 Å². The van der Waals surface area contributed by atoms with Gasteiger partial charge >= 0.3 is 0 Å². The van der Waals surface area contributed by atoms with Crippen LogP contribution in [-0.4, -0.2) is 20.4 Å². The number of carbonyl (C=O) groups is 1. The van der Waals surface area contributed by atoms with Crippen molar-refractivity contribution in [1.82, 2.24) is 4.57 Å². The molecule has 9 nitrogen and oxygen atoms in total. The SMILES string of the molecule is Cn1c(=O)c(N=Nc2ccc([N+](=O)[O-])cc2C(=O)c2ccccc2)c(O)c2ccccc21. The monoisotopic (exact) mass is 428 g/mol. The van der Waals surface area contributed by atoms with Crippen LogP contribution in [0.2, 0.25) is 0 Å². The summed E-state index contributed by atoms with van der Waals surface area (Å²) in [4.78, 5) is 36.3. The molecule has 0 saturated carbocycles. The number of carbonyl (C=O) groups excluding carboxylic acids is 1. The lowest BCUT2D eigenvalue weighted by Crippen LogP contribution is -2.16. The van der Waals surface area contributed by atoms with Crippen molar-refractivity contribution in [2.75, 3.05) is 0 Å². The molecular weight excluding hydrogens is 412 g/mol. The molecule has 0 aliphatic rings. The molecule has 0 amide bonds. The highest BCUT2D eigenvalue weighted by atomic mass is 16.6. The number of nitro groups is 1. The first-order valence-electron chi connectivity index (χ1n) is 9.49. The first-order valence-corrected chi connectivity index (χ1v) is 9.49. The molecule has 3 aromatic carbocycles. The van der Waals surface area contributed by atoms with E-state index in [0.717, 1.165) is 6.07 Å². The van der Waals surface area contributed by atoms with Crippen molar-refractivity contribution in [3.63, 3.8) is 0 Å². The first-order chi connectivity index (χ1) is 15.4. The van der Waals surface area contributed by atoms with E-state index < -0.39 is 16.3 Å². The van der Waals surface area contributed by atoms with Gasteiger partial charge < -0.3 is 9.67 Å². The Morgan fingerprint density at radius 1 is 1.00 bits per heavy atom. The van der Waals surface area contributed by atoms with Gasteiger partial charge in [-0.25, -0.2) is 0 Å². The molecule has 1 heterocycles. The van der Waals surface area contributed by atoms with Crippen molar-refractivity contribution in [3.8, 4) is 5.75 Å². The summed E-state index contributed by atoms with van der Waals surface area (Å²) < 4.78 is 1.33. The second-order valence-electron chi connectivity index (χ2n) is 6.93. The van der Waals surface area contributed by atoms with Gasteiger partial charge in [0.2, 0.25) is 0 Å². The molecule has 0 fully saturated rings. The molecule has 0 aliphatic carbocycles. The summed E-state index contributed by atoms with van der Waals surface area (Å²) in [5, 5.41) is 30.1. The molecule has 9 heteroatoms. The number of nitrogens with zero attached hydrogens (tertiary/aromatic N) is 4. The summed E-state index contributed by atoms with van der Waals surface area (Å²) in [5.41, 5.74) is -0.360. The highest BCUT2D eigenvalue weighted by Crippen LogP contribution is 2.33. The van der Waals surface area contributed by atoms with Crippen LogP contribution in [0.25, 0.3) is 10.9 Å². The second kappa shape index (κ2) is 8.23. The number of hydrogen-bond donors (Lipinski definition) is 1. The lowest BCUT2D eigenvalue weighted by Gasteiger charge is -2.08. The topological polar surface area (TPSA) is 127 Å². The average Bonchev–Trinajstić information content (AvgIpc) is 2.82. The summed E-state index contributed by atoms with van der Waals surface area (Å²) in [5.74, 6) is -0.829. The van der Waals surface area contributed by atoms with Gasteiger partial charge in [-0.15, -0.1) is 10.2 Å². The molecule has 0 spiro atoms. The first kappa shape index (κ1) is 20.6. The summed E-state index contributed by atoms with van der Waals surface area (Å²) >= 11 is 0. The van der Waals surface area contributed by atoms with Crippen LogP contribution in [0.3, 0.4) is 0 Å². The number of hydrogen-bond acceptors (Lipinski definition) is 7. The van der Waals surface area contributed by atoms with Crippen molar-refractivity contribution < 1.29 is 14.8 Å². The van der Waals surface area contributed by atoms with Crippen molar-refractivity contribution in [3.05, 3.63) is 104 Å². The quantitative estimate of drug-likeness (QED) is 0.211. The Kier molecular flexibility index (Phi) is 5.30. The van der Waals surface area contributed by atoms with E-state index in [9.17, 15) is 24.8 Å². The van der Waals surface area contributed by atoms with E-state index in [0.29, 0.717) is 16.5 Å². The maximum atomic E-state index is 13.0. The fourth-order valence-electron chi connectivity index (χ4n) is 3.31. The number of aryl methyl sites for hydroxylation is 1. The Balaban J connectivity index is 1.86. The zero-order chi connectivity index (χ0) is 22.8. The lowest BCUT2D eigenvalue weighted by atomic mass is 10.0. The number of aromatic hydroxyl groups is 1. The summed E-state index contributed by atoms with van der Waals surface area (Å²) in [6.07, 6.45) is 0. The van der Waals surface area contributed by atoms with Crippen LogP contribution in [0.15, 0.2) is 87.8 Å². The fourth-order valence-corrected chi connectivity index (χ4v) is 3.31. The normalized spacial score (nSPS) is 11.2. The summed E-state index contributed by atoms with van der Waals surface area (Å²) in [6.45, 7) is 0. The van der Waals surface area contributed by atoms with E-state index in [2.05, 4.69) is 10.2 Å². The van der Waals surface area contributed by atoms with Crippen LogP contribution in [0.1, 0.15) is 15.9 Å². The number of fused-ring (bicyclic) bond motifs is 1. The molecule has 0 bridgehead atoms. The van der Waals surface area contributed by atoms with E-state index in [1.165, 1.54) is 16.7 Å². The fraction of sp³-hybridized carbons (Fsp3) is 0.0435. The van der Waals surface area contributed by atoms with Crippen LogP contribution < -0.4 is 5.56 Å². The Morgan fingerprint density at radius 3 is 2.41 bits per heavy atom. The van der Waals surface area contributed by atoms with Gasteiger partial charge in [0.05, 0.1) is 21.7 Å². The minimum atomic E-state index is -0.617. The van der Waals surface area contributed by atoms with Crippen LogP contribution in [-0.2, 0) is 7.05 Å². The highest BCUT2D eigenvalue weighted by Gasteiger charge is 2.19. The molecule has 4 rings (SSSR count).